The van der Waals surface area contributed by atoms with Crippen LogP contribution in [0.15, 0.2) is 35.4 Å². The molecule has 0 fully saturated rings. The Morgan fingerprint density at radius 2 is 2.10 bits per heavy atom. The minimum absolute atomic E-state index is 0.180. The van der Waals surface area contributed by atoms with Crippen molar-refractivity contribution in [2.75, 3.05) is 5.75 Å². The molecule has 0 aliphatic heterocycles. The highest BCUT2D eigenvalue weighted by Crippen LogP contribution is 2.31. The molecule has 0 amide bonds. The normalized spacial score (nSPS) is 11.8. The largest absolute Gasteiger partial charge is 0.416 e. The summed E-state index contributed by atoms with van der Waals surface area (Å²) < 4.78 is 39.2. The lowest BCUT2D eigenvalue weighted by Gasteiger charge is -2.08. The molecule has 2 aromatic rings. The molecular weight excluding hydrogens is 291 g/mol. The first-order chi connectivity index (χ1) is 9.49. The zero-order chi connectivity index (χ0) is 14.6. The topological polar surface area (TPSA) is 50.9 Å². The van der Waals surface area contributed by atoms with Crippen molar-refractivity contribution in [3.8, 4) is 0 Å². The average molecular weight is 303 g/mol. The molecule has 20 heavy (non-hydrogen) atoms. The van der Waals surface area contributed by atoms with Gasteiger partial charge in [0, 0.05) is 10.6 Å². The molecular formula is C12H12F3N3OS. The van der Waals surface area contributed by atoms with Crippen LogP contribution in [-0.2, 0) is 19.3 Å². The second kappa shape index (κ2) is 6.27. The smallest absolute Gasteiger partial charge is 0.390 e. The van der Waals surface area contributed by atoms with Crippen LogP contribution in [0.5, 0.6) is 0 Å². The highest BCUT2D eigenvalue weighted by molar-refractivity contribution is 7.99. The molecule has 1 aromatic heterocycles. The van der Waals surface area contributed by atoms with Gasteiger partial charge in [-0.2, -0.15) is 13.2 Å². The predicted molar refractivity (Wildman–Crippen MR) is 68.1 cm³/mol. The van der Waals surface area contributed by atoms with E-state index in [0.29, 0.717) is 22.9 Å². The molecule has 0 bridgehead atoms. The molecule has 1 N–H and O–H groups in total. The van der Waals surface area contributed by atoms with Gasteiger partial charge in [0.05, 0.1) is 24.9 Å². The molecule has 0 atom stereocenters. The molecule has 1 heterocycles. The number of thioether (sulfide) groups is 1. The maximum Gasteiger partial charge on any atom is 0.416 e. The first-order valence-electron chi connectivity index (χ1n) is 5.79. The number of benzene rings is 1. The molecule has 4 nitrogen and oxygen atoms in total. The van der Waals surface area contributed by atoms with Gasteiger partial charge < -0.3 is 5.11 Å². The Hall–Kier alpha value is -1.54. The zero-order valence-electron chi connectivity index (χ0n) is 10.3. The van der Waals surface area contributed by atoms with Crippen molar-refractivity contribution in [3.63, 3.8) is 0 Å². The van der Waals surface area contributed by atoms with Crippen LogP contribution in [-0.4, -0.2) is 25.9 Å². The summed E-state index contributed by atoms with van der Waals surface area (Å²) >= 11 is 1.31. The van der Waals surface area contributed by atoms with Crippen LogP contribution in [0.4, 0.5) is 13.2 Å². The van der Waals surface area contributed by atoms with Gasteiger partial charge in [-0.1, -0.05) is 11.3 Å². The van der Waals surface area contributed by atoms with Crippen molar-refractivity contribution in [2.24, 2.45) is 0 Å². The monoisotopic (exact) mass is 303 g/mol. The molecule has 0 radical (unpaired) electrons. The van der Waals surface area contributed by atoms with Gasteiger partial charge in [0.1, 0.15) is 5.69 Å². The minimum atomic E-state index is -4.32. The highest BCUT2D eigenvalue weighted by Gasteiger charge is 2.30. The lowest BCUT2D eigenvalue weighted by molar-refractivity contribution is -0.137. The Kier molecular flexibility index (Phi) is 4.66. The first-order valence-corrected chi connectivity index (χ1v) is 6.77. The third-order valence-electron chi connectivity index (χ3n) is 2.50. The number of hydrogen-bond acceptors (Lipinski definition) is 4. The number of halogens is 3. The summed E-state index contributed by atoms with van der Waals surface area (Å²) in [5.41, 5.74) is -0.181. The van der Waals surface area contributed by atoms with Crippen LogP contribution in [0.3, 0.4) is 0 Å². The van der Waals surface area contributed by atoms with Gasteiger partial charge in [-0.05, 0) is 18.2 Å². The maximum absolute atomic E-state index is 12.5. The summed E-state index contributed by atoms with van der Waals surface area (Å²) in [5.74, 6) is 0.565. The van der Waals surface area contributed by atoms with Gasteiger partial charge in [-0.15, -0.1) is 16.9 Å². The van der Waals surface area contributed by atoms with E-state index >= 15 is 0 Å². The number of aryl methyl sites for hydroxylation is 1. The number of aliphatic hydroxyl groups is 1. The van der Waals surface area contributed by atoms with Crippen LogP contribution in [0, 0.1) is 0 Å². The lowest BCUT2D eigenvalue weighted by Crippen LogP contribution is -2.05. The third-order valence-corrected chi connectivity index (χ3v) is 3.47. The number of hydrogen-bond donors (Lipinski definition) is 1. The number of nitrogens with zero attached hydrogens (tertiary/aromatic N) is 3. The molecule has 8 heteroatoms. The molecule has 0 saturated carbocycles. The quantitative estimate of drug-likeness (QED) is 0.863. The Balaban J connectivity index is 1.91. The van der Waals surface area contributed by atoms with E-state index in [1.807, 2.05) is 0 Å². The summed E-state index contributed by atoms with van der Waals surface area (Å²) in [4.78, 5) is 0.558. The van der Waals surface area contributed by atoms with Crippen molar-refractivity contribution >= 4 is 11.8 Å². The van der Waals surface area contributed by atoms with E-state index in [2.05, 4.69) is 10.3 Å². The van der Waals surface area contributed by atoms with Crippen LogP contribution in [0.2, 0.25) is 0 Å². The molecule has 0 saturated heterocycles. The molecule has 0 spiro atoms. The zero-order valence-corrected chi connectivity index (χ0v) is 11.2. The van der Waals surface area contributed by atoms with Crippen LogP contribution in [0.25, 0.3) is 0 Å². The third kappa shape index (κ3) is 3.97. The fourth-order valence-electron chi connectivity index (χ4n) is 1.54. The highest BCUT2D eigenvalue weighted by atomic mass is 32.2. The SMILES string of the molecule is OCc1cn(CCSc2cccc(C(F)(F)F)c2)nn1. The average Bonchev–Trinajstić information content (AvgIpc) is 2.86. The Bertz CT molecular complexity index is 571. The van der Waals surface area contributed by atoms with Gasteiger partial charge in [-0.25, -0.2) is 0 Å². The Morgan fingerprint density at radius 3 is 2.75 bits per heavy atom. The van der Waals surface area contributed by atoms with Crippen molar-refractivity contribution in [3.05, 3.63) is 41.7 Å². The van der Waals surface area contributed by atoms with Gasteiger partial charge in [0.25, 0.3) is 0 Å². The standard InChI is InChI=1S/C12H12F3N3OS/c13-12(14,15)9-2-1-3-11(6-9)20-5-4-18-7-10(8-19)16-17-18/h1-3,6-7,19H,4-5,8H2. The van der Waals surface area contributed by atoms with Gasteiger partial charge in [-0.3, -0.25) is 4.68 Å². The van der Waals surface area contributed by atoms with Crippen molar-refractivity contribution < 1.29 is 18.3 Å². The van der Waals surface area contributed by atoms with E-state index in [4.69, 9.17) is 5.11 Å². The van der Waals surface area contributed by atoms with Gasteiger partial charge >= 0.3 is 6.18 Å². The van der Waals surface area contributed by atoms with Gasteiger partial charge in [0.2, 0.25) is 0 Å². The van der Waals surface area contributed by atoms with E-state index in [9.17, 15) is 13.2 Å². The second-order valence-corrected chi connectivity index (χ2v) is 5.17. The fraction of sp³-hybridized carbons (Fsp3) is 0.333. The molecule has 0 aliphatic rings. The predicted octanol–water partition coefficient (Wildman–Crippen LogP) is 2.58. The summed E-state index contributed by atoms with van der Waals surface area (Å²) in [6.45, 7) is 0.328. The van der Waals surface area contributed by atoms with Crippen LogP contribution >= 0.6 is 11.8 Å². The van der Waals surface area contributed by atoms with E-state index in [0.717, 1.165) is 12.1 Å². The maximum atomic E-state index is 12.5. The summed E-state index contributed by atoms with van der Waals surface area (Å²) in [6.07, 6.45) is -2.72. The molecule has 1 aromatic carbocycles. The number of aromatic nitrogens is 3. The lowest BCUT2D eigenvalue weighted by atomic mass is 10.2. The van der Waals surface area contributed by atoms with E-state index in [1.165, 1.54) is 17.8 Å². The van der Waals surface area contributed by atoms with Crippen molar-refractivity contribution in [1.82, 2.24) is 15.0 Å². The van der Waals surface area contributed by atoms with Crippen LogP contribution in [0.1, 0.15) is 11.3 Å². The van der Waals surface area contributed by atoms with Gasteiger partial charge in [0.15, 0.2) is 0 Å². The Morgan fingerprint density at radius 1 is 1.30 bits per heavy atom. The molecule has 0 aliphatic carbocycles. The second-order valence-electron chi connectivity index (χ2n) is 4.01. The van der Waals surface area contributed by atoms with Crippen molar-refractivity contribution in [1.29, 1.82) is 0 Å². The first kappa shape index (κ1) is 14.9. The van der Waals surface area contributed by atoms with E-state index < -0.39 is 11.7 Å². The summed E-state index contributed by atoms with van der Waals surface area (Å²) in [7, 11) is 0. The molecule has 108 valence electrons. The van der Waals surface area contributed by atoms with Crippen LogP contribution < -0.4 is 0 Å². The summed E-state index contributed by atoms with van der Waals surface area (Å²) in [6, 6.07) is 5.21. The molecule has 2 rings (SSSR count). The number of alkyl halides is 3. The van der Waals surface area contributed by atoms with Crippen molar-refractivity contribution in [2.45, 2.75) is 24.2 Å². The summed E-state index contributed by atoms with van der Waals surface area (Å²) in [5, 5.41) is 16.3. The minimum Gasteiger partial charge on any atom is -0.390 e. The van der Waals surface area contributed by atoms with E-state index in [1.54, 1.807) is 16.9 Å². The Labute approximate surface area is 117 Å². The fourth-order valence-corrected chi connectivity index (χ4v) is 2.44. The molecule has 0 unspecified atom stereocenters. The van der Waals surface area contributed by atoms with E-state index in [-0.39, 0.29) is 6.61 Å². The number of rotatable bonds is 5. The number of aliphatic hydroxyl groups excluding tert-OH is 1.